The molecule has 0 aromatic carbocycles. The number of rotatable bonds is 6. The highest BCUT2D eigenvalue weighted by molar-refractivity contribution is 9.09. The first kappa shape index (κ1) is 11.9. The van der Waals surface area contributed by atoms with Crippen molar-refractivity contribution in [2.75, 3.05) is 12.1 Å². The predicted octanol–water partition coefficient (Wildman–Crippen LogP) is 0.338. The number of ether oxygens (including phenoxy) is 1. The minimum absolute atomic E-state index is 0.205. The summed E-state index contributed by atoms with van der Waals surface area (Å²) in [5, 5.41) is 0. The third-order valence-corrected chi connectivity index (χ3v) is 1.70. The number of nitrogens with two attached hydrogens (primary N) is 2. The van der Waals surface area contributed by atoms with Gasteiger partial charge in [-0.1, -0.05) is 6.42 Å². The molecule has 0 aliphatic carbocycles. The Balaban J connectivity index is 3.42. The maximum Gasteiger partial charge on any atom is 0.323 e. The minimum atomic E-state index is -0.505. The van der Waals surface area contributed by atoms with Gasteiger partial charge in [0.1, 0.15) is 11.6 Å². The monoisotopic (exact) mass is 238 g/mol. The molecule has 0 heterocycles. The van der Waals surface area contributed by atoms with Crippen LogP contribution < -0.4 is 11.5 Å². The smallest absolute Gasteiger partial charge is 0.323 e. The van der Waals surface area contributed by atoms with Crippen molar-refractivity contribution in [2.24, 2.45) is 11.5 Å². The Morgan fingerprint density at radius 3 is 2.67 bits per heavy atom. The number of unbranched alkanes of at least 4 members (excludes halogenated alkanes) is 1. The molecule has 0 rings (SSSR count). The summed E-state index contributed by atoms with van der Waals surface area (Å²) >= 11 is 2.98. The van der Waals surface area contributed by atoms with Gasteiger partial charge in [-0.2, -0.15) is 0 Å². The van der Waals surface area contributed by atoms with Crippen LogP contribution in [-0.4, -0.2) is 24.1 Å². The van der Waals surface area contributed by atoms with Gasteiger partial charge >= 0.3 is 5.97 Å². The van der Waals surface area contributed by atoms with Gasteiger partial charge in [-0.05, 0) is 35.3 Å². The number of esters is 1. The number of halogens is 1. The molecule has 0 aliphatic heterocycles. The summed E-state index contributed by atoms with van der Waals surface area (Å²) in [5.74, 6) is -0.358. The van der Waals surface area contributed by atoms with E-state index >= 15 is 0 Å². The summed E-state index contributed by atoms with van der Waals surface area (Å²) in [5.41, 5.74) is 11.0. The van der Waals surface area contributed by atoms with Crippen LogP contribution in [0, 0.1) is 0 Å². The van der Waals surface area contributed by atoms with Crippen molar-refractivity contribution < 1.29 is 9.53 Å². The van der Waals surface area contributed by atoms with Crippen LogP contribution in [0.5, 0.6) is 0 Å². The first-order valence-electron chi connectivity index (χ1n) is 3.90. The zero-order valence-electron chi connectivity index (χ0n) is 6.96. The molecule has 0 unspecified atom stereocenters. The fraction of sp³-hybridized carbons (Fsp3) is 0.857. The van der Waals surface area contributed by atoms with Gasteiger partial charge in [0.15, 0.2) is 0 Å². The van der Waals surface area contributed by atoms with Gasteiger partial charge in [0.05, 0.1) is 0 Å². The summed E-state index contributed by atoms with van der Waals surface area (Å²) < 4.78 is 4.66. The standard InChI is InChI=1S/C7H15BrN2O2/c8-5-12-7(11)6(10)3-1-2-4-9/h6H,1-5,9-10H2/t6-/m0/s1. The van der Waals surface area contributed by atoms with Crippen molar-refractivity contribution in [1.29, 1.82) is 0 Å². The highest BCUT2D eigenvalue weighted by Gasteiger charge is 2.13. The van der Waals surface area contributed by atoms with Crippen molar-refractivity contribution in [1.82, 2.24) is 0 Å². The Kier molecular flexibility index (Phi) is 7.43. The van der Waals surface area contributed by atoms with Crippen LogP contribution in [0.3, 0.4) is 0 Å². The summed E-state index contributed by atoms with van der Waals surface area (Å²) in [6.07, 6.45) is 2.41. The van der Waals surface area contributed by atoms with E-state index in [1.165, 1.54) is 0 Å². The molecule has 0 radical (unpaired) electrons. The molecule has 0 aromatic rings. The van der Waals surface area contributed by atoms with E-state index in [4.69, 9.17) is 11.5 Å². The second-order valence-corrected chi connectivity index (χ2v) is 2.92. The molecule has 0 spiro atoms. The maximum atomic E-state index is 10.9. The highest BCUT2D eigenvalue weighted by atomic mass is 79.9. The molecule has 4 nitrogen and oxygen atoms in total. The SMILES string of the molecule is NCCCC[C@H](N)C(=O)OCBr. The molecule has 0 bridgehead atoms. The molecular weight excluding hydrogens is 224 g/mol. The van der Waals surface area contributed by atoms with Crippen molar-refractivity contribution in [3.8, 4) is 0 Å². The average molecular weight is 239 g/mol. The molecule has 0 fully saturated rings. The van der Waals surface area contributed by atoms with Gasteiger partial charge in [-0.3, -0.25) is 4.79 Å². The van der Waals surface area contributed by atoms with E-state index in [2.05, 4.69) is 20.7 Å². The lowest BCUT2D eigenvalue weighted by atomic mass is 10.1. The topological polar surface area (TPSA) is 78.3 Å². The zero-order valence-corrected chi connectivity index (χ0v) is 8.55. The van der Waals surface area contributed by atoms with Crippen LogP contribution in [0.2, 0.25) is 0 Å². The number of hydrogen-bond donors (Lipinski definition) is 2. The van der Waals surface area contributed by atoms with Crippen LogP contribution >= 0.6 is 15.9 Å². The fourth-order valence-corrected chi connectivity index (χ4v) is 1.01. The third-order valence-electron chi connectivity index (χ3n) is 1.47. The van der Waals surface area contributed by atoms with Gasteiger partial charge in [-0.15, -0.1) is 0 Å². The van der Waals surface area contributed by atoms with Gasteiger partial charge in [0.25, 0.3) is 0 Å². The Bertz CT molecular complexity index is 133. The van der Waals surface area contributed by atoms with Gasteiger partial charge in [-0.25, -0.2) is 0 Å². The van der Waals surface area contributed by atoms with Crippen LogP contribution in [0.15, 0.2) is 0 Å². The molecule has 0 amide bonds. The molecule has 0 saturated heterocycles. The quantitative estimate of drug-likeness (QED) is 0.398. The van der Waals surface area contributed by atoms with Crippen molar-refractivity contribution in [3.05, 3.63) is 0 Å². The van der Waals surface area contributed by atoms with Crippen molar-refractivity contribution in [3.63, 3.8) is 0 Å². The third kappa shape index (κ3) is 5.51. The molecule has 12 heavy (non-hydrogen) atoms. The number of carbonyl (C=O) groups is 1. The molecular formula is C7H15BrN2O2. The highest BCUT2D eigenvalue weighted by Crippen LogP contribution is 2.00. The molecule has 0 aliphatic rings. The van der Waals surface area contributed by atoms with Crippen LogP contribution in [0.4, 0.5) is 0 Å². The first-order chi connectivity index (χ1) is 5.72. The molecule has 5 heteroatoms. The Labute approximate surface area is 80.8 Å². The van der Waals surface area contributed by atoms with Gasteiger partial charge in [0.2, 0.25) is 0 Å². The summed E-state index contributed by atoms with van der Waals surface area (Å²) in [6, 6.07) is -0.505. The predicted molar refractivity (Wildman–Crippen MR) is 50.8 cm³/mol. The van der Waals surface area contributed by atoms with E-state index in [-0.39, 0.29) is 11.5 Å². The Morgan fingerprint density at radius 1 is 1.50 bits per heavy atom. The summed E-state index contributed by atoms with van der Waals surface area (Å²) in [6.45, 7) is 0.639. The van der Waals surface area contributed by atoms with E-state index < -0.39 is 6.04 Å². The lowest BCUT2D eigenvalue weighted by molar-refractivity contribution is -0.142. The van der Waals surface area contributed by atoms with Crippen molar-refractivity contribution >= 4 is 21.9 Å². The maximum absolute atomic E-state index is 10.9. The van der Waals surface area contributed by atoms with E-state index in [0.717, 1.165) is 12.8 Å². The van der Waals surface area contributed by atoms with Gasteiger partial charge in [0, 0.05) is 0 Å². The van der Waals surface area contributed by atoms with Gasteiger partial charge < -0.3 is 16.2 Å². The lowest BCUT2D eigenvalue weighted by Crippen LogP contribution is -2.32. The number of carbonyl (C=O) groups excluding carboxylic acids is 1. The Hall–Kier alpha value is -0.130. The molecule has 72 valence electrons. The summed E-state index contributed by atoms with van der Waals surface area (Å²) in [7, 11) is 0. The van der Waals surface area contributed by atoms with E-state index in [1.54, 1.807) is 0 Å². The molecule has 0 saturated carbocycles. The summed E-state index contributed by atoms with van der Waals surface area (Å²) in [4.78, 5) is 10.9. The number of alkyl halides is 1. The zero-order chi connectivity index (χ0) is 9.40. The minimum Gasteiger partial charge on any atom is -0.453 e. The molecule has 1 atom stereocenters. The van der Waals surface area contributed by atoms with E-state index in [0.29, 0.717) is 13.0 Å². The van der Waals surface area contributed by atoms with Crippen LogP contribution in [0.1, 0.15) is 19.3 Å². The number of hydrogen-bond acceptors (Lipinski definition) is 4. The van der Waals surface area contributed by atoms with Crippen molar-refractivity contribution in [2.45, 2.75) is 25.3 Å². The Morgan fingerprint density at radius 2 is 2.17 bits per heavy atom. The second kappa shape index (κ2) is 7.52. The largest absolute Gasteiger partial charge is 0.453 e. The average Bonchev–Trinajstić information content (AvgIpc) is 2.05. The normalized spacial score (nSPS) is 12.6. The lowest BCUT2D eigenvalue weighted by Gasteiger charge is -2.08. The molecule has 4 N–H and O–H groups in total. The fourth-order valence-electron chi connectivity index (χ4n) is 0.787. The first-order valence-corrected chi connectivity index (χ1v) is 5.02. The van der Waals surface area contributed by atoms with Crippen LogP contribution in [-0.2, 0) is 9.53 Å². The van der Waals surface area contributed by atoms with Crippen LogP contribution in [0.25, 0.3) is 0 Å². The second-order valence-electron chi connectivity index (χ2n) is 2.46. The van der Waals surface area contributed by atoms with E-state index in [9.17, 15) is 4.79 Å². The molecule has 0 aromatic heterocycles. The van der Waals surface area contributed by atoms with E-state index in [1.807, 2.05) is 0 Å².